The highest BCUT2D eigenvalue weighted by molar-refractivity contribution is 14.0. The monoisotopic (exact) mass is 504 g/mol. The lowest BCUT2D eigenvalue weighted by molar-refractivity contribution is -0.120. The molecule has 158 valence electrons. The summed E-state index contributed by atoms with van der Waals surface area (Å²) in [4.78, 5) is 16.4. The number of rotatable bonds is 11. The topological polar surface area (TPSA) is 84.0 Å². The Balaban J connectivity index is 0.00000392. The maximum Gasteiger partial charge on any atom is 0.239 e. The highest BCUT2D eigenvalue weighted by Gasteiger charge is 2.22. The molecule has 0 heterocycles. The first-order valence-electron chi connectivity index (χ1n) is 9.74. The van der Waals surface area contributed by atoms with Crippen LogP contribution in [0.2, 0.25) is 0 Å². The van der Waals surface area contributed by atoms with Gasteiger partial charge >= 0.3 is 0 Å². The fourth-order valence-electron chi connectivity index (χ4n) is 2.46. The van der Waals surface area contributed by atoms with Crippen LogP contribution in [0.3, 0.4) is 0 Å². The van der Waals surface area contributed by atoms with Gasteiger partial charge in [0, 0.05) is 24.8 Å². The summed E-state index contributed by atoms with van der Waals surface area (Å²) in [5.41, 5.74) is 2.13. The standard InChI is InChI=1S/C20H32N4O3.HI/c1-4-21-20(23-14-19(25)24-17-8-9-17)22-13-16-7-6-15(3)12-18(16)27-11-10-26-5-2;/h6-7,12,17H,4-5,8-11,13-14H2,1-3H3,(H,24,25)(H2,21,22,23);1H. The summed E-state index contributed by atoms with van der Waals surface area (Å²) in [5.74, 6) is 1.43. The minimum absolute atomic E-state index is 0. The summed E-state index contributed by atoms with van der Waals surface area (Å²) >= 11 is 0. The van der Waals surface area contributed by atoms with Gasteiger partial charge in [-0.2, -0.15) is 0 Å². The van der Waals surface area contributed by atoms with Gasteiger partial charge in [-0.3, -0.25) is 4.79 Å². The van der Waals surface area contributed by atoms with Gasteiger partial charge in [-0.05, 0) is 45.2 Å². The van der Waals surface area contributed by atoms with Crippen molar-refractivity contribution >= 4 is 35.8 Å². The molecule has 0 saturated heterocycles. The Hall–Kier alpha value is -1.55. The molecule has 0 spiro atoms. The molecule has 1 aromatic rings. The molecule has 2 rings (SSSR count). The average Bonchev–Trinajstić information content (AvgIpc) is 3.46. The minimum atomic E-state index is -0.00149. The summed E-state index contributed by atoms with van der Waals surface area (Å²) in [6, 6.07) is 6.45. The quantitative estimate of drug-likeness (QED) is 0.187. The normalized spacial score (nSPS) is 13.5. The Bertz CT molecular complexity index is 636. The third-order valence-electron chi connectivity index (χ3n) is 4.02. The van der Waals surface area contributed by atoms with Crippen molar-refractivity contribution in [1.29, 1.82) is 0 Å². The number of guanidine groups is 1. The van der Waals surface area contributed by atoms with E-state index in [1.54, 1.807) is 0 Å². The first-order valence-corrected chi connectivity index (χ1v) is 9.74. The number of nitrogens with one attached hydrogen (secondary N) is 3. The molecule has 1 aromatic carbocycles. The van der Waals surface area contributed by atoms with Crippen LogP contribution in [0.1, 0.15) is 37.8 Å². The predicted octanol–water partition coefficient (Wildman–Crippen LogP) is 2.36. The smallest absolute Gasteiger partial charge is 0.239 e. The number of aryl methyl sites for hydroxylation is 1. The van der Waals surface area contributed by atoms with Crippen molar-refractivity contribution in [2.45, 2.75) is 46.2 Å². The van der Waals surface area contributed by atoms with Gasteiger partial charge in [0.1, 0.15) is 12.4 Å². The molecule has 0 aliphatic heterocycles. The van der Waals surface area contributed by atoms with Crippen molar-refractivity contribution in [3.8, 4) is 5.75 Å². The number of halogens is 1. The second kappa shape index (κ2) is 13.6. The lowest BCUT2D eigenvalue weighted by Gasteiger charge is -2.14. The van der Waals surface area contributed by atoms with Gasteiger partial charge in [-0.15, -0.1) is 24.0 Å². The molecular weight excluding hydrogens is 471 g/mol. The fraction of sp³-hybridized carbons (Fsp3) is 0.600. The van der Waals surface area contributed by atoms with Crippen molar-refractivity contribution in [3.05, 3.63) is 29.3 Å². The molecule has 1 aliphatic rings. The number of nitrogens with zero attached hydrogens (tertiary/aromatic N) is 1. The number of carbonyl (C=O) groups is 1. The van der Waals surface area contributed by atoms with Crippen molar-refractivity contribution in [2.24, 2.45) is 4.99 Å². The van der Waals surface area contributed by atoms with Crippen molar-refractivity contribution in [2.75, 3.05) is 32.9 Å². The second-order valence-corrected chi connectivity index (χ2v) is 6.55. The van der Waals surface area contributed by atoms with Gasteiger partial charge in [0.2, 0.25) is 5.91 Å². The third kappa shape index (κ3) is 9.59. The molecule has 1 aliphatic carbocycles. The fourth-order valence-corrected chi connectivity index (χ4v) is 2.46. The zero-order chi connectivity index (χ0) is 19.5. The Labute approximate surface area is 185 Å². The average molecular weight is 504 g/mol. The molecule has 8 heteroatoms. The molecule has 0 atom stereocenters. The first-order chi connectivity index (χ1) is 13.1. The Morgan fingerprint density at radius 3 is 2.68 bits per heavy atom. The highest BCUT2D eigenvalue weighted by Crippen LogP contribution is 2.21. The first kappa shape index (κ1) is 24.5. The molecule has 0 bridgehead atoms. The van der Waals surface area contributed by atoms with E-state index in [0.29, 0.717) is 38.4 Å². The molecule has 1 saturated carbocycles. The van der Waals surface area contributed by atoms with E-state index < -0.39 is 0 Å². The number of hydrogen-bond donors (Lipinski definition) is 3. The molecule has 0 aromatic heterocycles. The number of hydrogen-bond acceptors (Lipinski definition) is 4. The zero-order valence-electron chi connectivity index (χ0n) is 17.0. The Morgan fingerprint density at radius 2 is 2.00 bits per heavy atom. The largest absolute Gasteiger partial charge is 0.491 e. The Kier molecular flexibility index (Phi) is 11.9. The number of amides is 1. The van der Waals surface area contributed by atoms with Gasteiger partial charge < -0.3 is 25.4 Å². The molecule has 0 radical (unpaired) electrons. The summed E-state index contributed by atoms with van der Waals surface area (Å²) in [5, 5.41) is 9.20. The summed E-state index contributed by atoms with van der Waals surface area (Å²) in [6.45, 7) is 9.15. The number of carbonyl (C=O) groups excluding carboxylic acids is 1. The van der Waals surface area contributed by atoms with Crippen LogP contribution in [0.25, 0.3) is 0 Å². The van der Waals surface area contributed by atoms with Gasteiger partial charge in [-0.25, -0.2) is 4.99 Å². The van der Waals surface area contributed by atoms with E-state index in [0.717, 1.165) is 36.3 Å². The van der Waals surface area contributed by atoms with E-state index in [-0.39, 0.29) is 36.4 Å². The molecule has 0 unspecified atom stereocenters. The second-order valence-electron chi connectivity index (χ2n) is 6.55. The van der Waals surface area contributed by atoms with E-state index in [9.17, 15) is 4.79 Å². The predicted molar refractivity (Wildman–Crippen MR) is 123 cm³/mol. The number of aliphatic imine (C=N–C) groups is 1. The zero-order valence-corrected chi connectivity index (χ0v) is 19.4. The van der Waals surface area contributed by atoms with Crippen LogP contribution in [-0.4, -0.2) is 50.8 Å². The third-order valence-corrected chi connectivity index (χ3v) is 4.02. The lowest BCUT2D eigenvalue weighted by atomic mass is 10.1. The van der Waals surface area contributed by atoms with Crippen LogP contribution in [0.5, 0.6) is 5.75 Å². The van der Waals surface area contributed by atoms with Crippen LogP contribution in [0.4, 0.5) is 0 Å². The number of ether oxygens (including phenoxy) is 2. The van der Waals surface area contributed by atoms with Gasteiger partial charge in [-0.1, -0.05) is 12.1 Å². The summed E-state index contributed by atoms with van der Waals surface area (Å²) in [6.07, 6.45) is 2.17. The molecule has 3 N–H and O–H groups in total. The maximum absolute atomic E-state index is 11.9. The molecule has 28 heavy (non-hydrogen) atoms. The van der Waals surface area contributed by atoms with Gasteiger partial charge in [0.15, 0.2) is 5.96 Å². The van der Waals surface area contributed by atoms with E-state index in [1.165, 1.54) is 0 Å². The highest BCUT2D eigenvalue weighted by atomic mass is 127. The minimum Gasteiger partial charge on any atom is -0.491 e. The molecule has 7 nitrogen and oxygen atoms in total. The summed E-state index contributed by atoms with van der Waals surface area (Å²) in [7, 11) is 0. The summed E-state index contributed by atoms with van der Waals surface area (Å²) < 4.78 is 11.2. The van der Waals surface area contributed by atoms with E-state index in [4.69, 9.17) is 9.47 Å². The van der Waals surface area contributed by atoms with Crippen LogP contribution >= 0.6 is 24.0 Å². The van der Waals surface area contributed by atoms with Crippen LogP contribution < -0.4 is 20.7 Å². The van der Waals surface area contributed by atoms with Crippen molar-refractivity contribution in [1.82, 2.24) is 16.0 Å². The van der Waals surface area contributed by atoms with Gasteiger partial charge in [0.25, 0.3) is 0 Å². The van der Waals surface area contributed by atoms with E-state index >= 15 is 0 Å². The van der Waals surface area contributed by atoms with Crippen molar-refractivity contribution in [3.63, 3.8) is 0 Å². The SMILES string of the molecule is CCNC(=NCc1ccc(C)cc1OCCOCC)NCC(=O)NC1CC1.I. The van der Waals surface area contributed by atoms with Crippen LogP contribution in [0.15, 0.2) is 23.2 Å². The molecule has 1 fully saturated rings. The van der Waals surface area contributed by atoms with Crippen molar-refractivity contribution < 1.29 is 14.3 Å². The van der Waals surface area contributed by atoms with Crippen LogP contribution in [0, 0.1) is 6.92 Å². The molecule has 1 amide bonds. The van der Waals surface area contributed by atoms with Crippen LogP contribution in [-0.2, 0) is 16.1 Å². The maximum atomic E-state index is 11.9. The van der Waals surface area contributed by atoms with Gasteiger partial charge in [0.05, 0.1) is 19.7 Å². The number of benzene rings is 1. The van der Waals surface area contributed by atoms with E-state index in [1.807, 2.05) is 39.0 Å². The Morgan fingerprint density at radius 1 is 1.21 bits per heavy atom. The lowest BCUT2D eigenvalue weighted by Crippen LogP contribution is -2.43. The van der Waals surface area contributed by atoms with E-state index in [2.05, 4.69) is 20.9 Å². The molecular formula is C20H33IN4O3.